The Hall–Kier alpha value is -4.46. The van der Waals surface area contributed by atoms with Crippen LogP contribution in [-0.2, 0) is 27.7 Å². The highest BCUT2D eigenvalue weighted by Crippen LogP contribution is 2.72. The van der Waals surface area contributed by atoms with Crippen molar-refractivity contribution in [2.24, 2.45) is 23.2 Å². The number of hydrogen-bond acceptors (Lipinski definition) is 9. The van der Waals surface area contributed by atoms with Crippen LogP contribution in [-0.4, -0.2) is 64.8 Å². The third-order valence-electron chi connectivity index (χ3n) is 11.7. The van der Waals surface area contributed by atoms with E-state index in [1.807, 2.05) is 24.3 Å². The molecule has 2 N–H and O–H groups in total. The van der Waals surface area contributed by atoms with E-state index in [9.17, 15) is 27.9 Å². The highest BCUT2D eigenvalue weighted by Gasteiger charge is 2.70. The average molecular weight is 680 g/mol. The van der Waals surface area contributed by atoms with Gasteiger partial charge in [0.25, 0.3) is 5.91 Å². The van der Waals surface area contributed by atoms with Gasteiger partial charge < -0.3 is 29.5 Å². The average Bonchev–Trinajstić information content (AvgIpc) is 3.61. The lowest BCUT2D eigenvalue weighted by Crippen LogP contribution is -2.69. The monoisotopic (exact) mass is 679 g/mol. The molecular weight excluding hydrogens is 643 g/mol. The molecule has 14 heteroatoms. The molecular formula is C35H36F3N5O6. The largest absolute Gasteiger partial charge is 0.497 e. The molecule has 49 heavy (non-hydrogen) atoms. The maximum Gasteiger partial charge on any atom is 0.434 e. The van der Waals surface area contributed by atoms with Crippen molar-refractivity contribution in [1.82, 2.24) is 20.3 Å². The summed E-state index contributed by atoms with van der Waals surface area (Å²) in [6, 6.07) is 10.5. The minimum absolute atomic E-state index is 0.160. The van der Waals surface area contributed by atoms with Crippen LogP contribution in [0.1, 0.15) is 65.8 Å². The first kappa shape index (κ1) is 31.8. The number of pyridine rings is 1. The van der Waals surface area contributed by atoms with E-state index < -0.39 is 40.6 Å². The van der Waals surface area contributed by atoms with Gasteiger partial charge in [0.1, 0.15) is 12.4 Å². The maximum absolute atomic E-state index is 14.6. The number of carboxylic acid groups (broad SMARTS) is 1. The van der Waals surface area contributed by atoms with Gasteiger partial charge in [-0.1, -0.05) is 12.1 Å². The highest BCUT2D eigenvalue weighted by molar-refractivity contribution is 5.95. The van der Waals surface area contributed by atoms with E-state index >= 15 is 0 Å². The predicted molar refractivity (Wildman–Crippen MR) is 168 cm³/mol. The smallest absolute Gasteiger partial charge is 0.434 e. The Morgan fingerprint density at radius 3 is 2.63 bits per heavy atom. The quantitative estimate of drug-likeness (QED) is 0.323. The highest BCUT2D eigenvalue weighted by atomic mass is 19.4. The third-order valence-corrected chi connectivity index (χ3v) is 11.7. The van der Waals surface area contributed by atoms with E-state index in [2.05, 4.69) is 15.3 Å². The van der Waals surface area contributed by atoms with Crippen LogP contribution in [0, 0.1) is 23.2 Å². The summed E-state index contributed by atoms with van der Waals surface area (Å²) in [5, 5.41) is 12.4. The molecule has 11 nitrogen and oxygen atoms in total. The van der Waals surface area contributed by atoms with Gasteiger partial charge in [-0.2, -0.15) is 13.2 Å². The number of alkyl halides is 3. The van der Waals surface area contributed by atoms with Crippen LogP contribution in [0.4, 0.5) is 24.8 Å². The number of amides is 1. The van der Waals surface area contributed by atoms with Crippen molar-refractivity contribution < 1.29 is 42.1 Å². The molecule has 3 aliphatic carbocycles. The van der Waals surface area contributed by atoms with Gasteiger partial charge in [0.05, 0.1) is 30.0 Å². The van der Waals surface area contributed by atoms with Gasteiger partial charge in [-0.3, -0.25) is 9.59 Å². The fourth-order valence-corrected chi connectivity index (χ4v) is 9.17. The Balaban J connectivity index is 1.06. The number of nitrogens with one attached hydrogen (secondary N) is 1. The van der Waals surface area contributed by atoms with Crippen LogP contribution < -0.4 is 19.7 Å². The van der Waals surface area contributed by atoms with E-state index in [0.29, 0.717) is 80.8 Å². The number of nitrogens with zero attached hydrogens (tertiary/aromatic N) is 4. The third kappa shape index (κ3) is 5.17. The first-order valence-electron chi connectivity index (χ1n) is 16.6. The van der Waals surface area contributed by atoms with Crippen molar-refractivity contribution in [3.8, 4) is 11.6 Å². The number of carbonyl (C=O) groups excluding carboxylic acids is 1. The molecule has 0 radical (unpaired) electrons. The summed E-state index contributed by atoms with van der Waals surface area (Å²) in [5.74, 6) is -0.898. The second-order valence-corrected chi connectivity index (χ2v) is 14.0. The standard InChI is InChI=1S/C35H36F3N5O6/c1-47-23-4-2-3-19(11-23)17-49-27-6-5-25-29(41-27)33(7-9-48-10-8-33)18-43(25)32-39-16-24(28(42-32)35(36,37)38)30(44)40-26-14-22-13-21-12-20(31(45)46)15-34(21,22)26/h2-6,11,16,20-22,26H,7-10,12-15,17-18H2,1H3,(H,40,44)(H,45,46). The van der Waals surface area contributed by atoms with Gasteiger partial charge in [0.15, 0.2) is 5.69 Å². The van der Waals surface area contributed by atoms with Crippen LogP contribution >= 0.6 is 0 Å². The number of aromatic nitrogens is 3. The number of anilines is 2. The number of carbonyl (C=O) groups is 2. The molecule has 4 heterocycles. The van der Waals surface area contributed by atoms with Gasteiger partial charge >= 0.3 is 12.1 Å². The van der Waals surface area contributed by atoms with E-state index in [4.69, 9.17) is 19.2 Å². The Kier molecular flexibility index (Phi) is 7.50. The second-order valence-electron chi connectivity index (χ2n) is 14.0. The number of carboxylic acids is 1. The van der Waals surface area contributed by atoms with Crippen LogP contribution in [0.15, 0.2) is 42.6 Å². The zero-order valence-corrected chi connectivity index (χ0v) is 26.8. The predicted octanol–water partition coefficient (Wildman–Crippen LogP) is 5.30. The molecule has 2 spiro atoms. The zero-order valence-electron chi connectivity index (χ0n) is 26.8. The molecule has 2 aromatic heterocycles. The normalized spacial score (nSPS) is 27.7. The van der Waals surface area contributed by atoms with Gasteiger partial charge in [-0.25, -0.2) is 15.0 Å². The fourth-order valence-electron chi connectivity index (χ4n) is 9.17. The van der Waals surface area contributed by atoms with E-state index in [0.717, 1.165) is 18.2 Å². The molecule has 5 atom stereocenters. The molecule has 5 aliphatic rings. The molecule has 2 aliphatic heterocycles. The van der Waals surface area contributed by atoms with Crippen LogP contribution in [0.2, 0.25) is 0 Å². The number of methoxy groups -OCH3 is 1. The number of hydrogen-bond donors (Lipinski definition) is 2. The molecule has 1 saturated heterocycles. The van der Waals surface area contributed by atoms with Crippen molar-refractivity contribution in [3.05, 3.63) is 65.1 Å². The van der Waals surface area contributed by atoms with E-state index in [-0.39, 0.29) is 29.9 Å². The summed E-state index contributed by atoms with van der Waals surface area (Å²) in [6.07, 6.45) is -0.268. The molecule has 4 fully saturated rings. The number of halogens is 3. The summed E-state index contributed by atoms with van der Waals surface area (Å²) >= 11 is 0. The molecule has 3 saturated carbocycles. The molecule has 1 aromatic carbocycles. The van der Waals surface area contributed by atoms with E-state index in [1.165, 1.54) is 0 Å². The Bertz CT molecular complexity index is 1820. The summed E-state index contributed by atoms with van der Waals surface area (Å²) in [5.41, 5.74) is -0.691. The second kappa shape index (κ2) is 11.6. The molecule has 3 aromatic rings. The number of rotatable bonds is 8. The Morgan fingerprint density at radius 2 is 1.90 bits per heavy atom. The Labute approximate surface area is 280 Å². The van der Waals surface area contributed by atoms with Crippen LogP contribution in [0.3, 0.4) is 0 Å². The van der Waals surface area contributed by atoms with Crippen LogP contribution in [0.5, 0.6) is 11.6 Å². The summed E-state index contributed by atoms with van der Waals surface area (Å²) in [7, 11) is 1.59. The first-order chi connectivity index (χ1) is 23.5. The molecule has 5 unspecified atom stereocenters. The molecule has 8 rings (SSSR count). The molecule has 0 bridgehead atoms. The lowest BCUT2D eigenvalue weighted by molar-refractivity contribution is -0.152. The van der Waals surface area contributed by atoms with Crippen LogP contribution in [0.25, 0.3) is 0 Å². The van der Waals surface area contributed by atoms with Crippen molar-refractivity contribution in [1.29, 1.82) is 0 Å². The number of ether oxygens (including phenoxy) is 3. The summed E-state index contributed by atoms with van der Waals surface area (Å²) in [6.45, 7) is 1.47. The van der Waals surface area contributed by atoms with Crippen molar-refractivity contribution >= 4 is 23.5 Å². The van der Waals surface area contributed by atoms with Gasteiger partial charge in [-0.15, -0.1) is 0 Å². The minimum Gasteiger partial charge on any atom is -0.497 e. The van der Waals surface area contributed by atoms with Gasteiger partial charge in [0.2, 0.25) is 11.8 Å². The van der Waals surface area contributed by atoms with E-state index in [1.54, 1.807) is 24.1 Å². The van der Waals surface area contributed by atoms with Crippen molar-refractivity contribution in [2.75, 3.05) is 31.8 Å². The summed E-state index contributed by atoms with van der Waals surface area (Å²) in [4.78, 5) is 39.9. The van der Waals surface area contributed by atoms with Crippen molar-refractivity contribution in [2.45, 2.75) is 62.8 Å². The van der Waals surface area contributed by atoms with Gasteiger partial charge in [-0.05, 0) is 79.5 Å². The number of fused-ring (bicyclic) bond motifs is 2. The topological polar surface area (TPSA) is 136 Å². The molecule has 1 amide bonds. The number of benzene rings is 1. The van der Waals surface area contributed by atoms with Crippen molar-refractivity contribution in [3.63, 3.8) is 0 Å². The lowest BCUT2D eigenvalue weighted by atomic mass is 9.41. The van der Waals surface area contributed by atoms with Gasteiger partial charge in [0, 0.05) is 43.5 Å². The fraction of sp³-hybridized carbons (Fsp3) is 0.514. The Morgan fingerprint density at radius 1 is 1.10 bits per heavy atom. The maximum atomic E-state index is 14.6. The first-order valence-corrected chi connectivity index (χ1v) is 16.6. The molecule has 258 valence electrons. The SMILES string of the molecule is COc1cccc(COc2ccc3c(n2)C2(CCOCC2)CN3c2ncc(C(=O)NC3CC4CC5CC(C(=O)O)CC543)c(C(F)(F)F)n2)c1. The number of aliphatic carboxylic acids is 1. The minimum atomic E-state index is -4.93. The zero-order chi connectivity index (χ0) is 34.1. The lowest BCUT2D eigenvalue weighted by Gasteiger charge is -2.66. The summed E-state index contributed by atoms with van der Waals surface area (Å²) < 4.78 is 60.7.